The number of hydrogen-bond donors (Lipinski definition) is 1. The lowest BCUT2D eigenvalue weighted by Gasteiger charge is -2.26. The van der Waals surface area contributed by atoms with Gasteiger partial charge >= 0.3 is 11.3 Å². The molecule has 0 spiro atoms. The number of sulfone groups is 1. The minimum absolute atomic E-state index is 0.0953. The quantitative estimate of drug-likeness (QED) is 0.808. The van der Waals surface area contributed by atoms with Crippen LogP contribution < -0.4 is 5.73 Å². The molecule has 9 nitrogen and oxygen atoms in total. The number of carbonyl (C=O) groups excluding carboxylic acids is 1. The molecule has 1 aliphatic heterocycles. The van der Waals surface area contributed by atoms with Crippen LogP contribution in [0.1, 0.15) is 24.8 Å². The third-order valence-corrected chi connectivity index (χ3v) is 3.33. The number of ether oxygens (including phenoxy) is 2. The molecule has 2 atom stereocenters. The molecule has 0 aromatic carbocycles. The molecule has 1 saturated heterocycles. The number of primary amides is 1. The topological polar surface area (TPSA) is 135 Å². The molecule has 0 aliphatic carbocycles. The lowest BCUT2D eigenvalue weighted by atomic mass is 10.1. The summed E-state index contributed by atoms with van der Waals surface area (Å²) >= 11 is 0. The number of hydrogen-bond acceptors (Lipinski definition) is 8. The van der Waals surface area contributed by atoms with Gasteiger partial charge < -0.3 is 19.6 Å². The van der Waals surface area contributed by atoms with Crippen LogP contribution in [0.15, 0.2) is 9.64 Å². The summed E-state index contributed by atoms with van der Waals surface area (Å²) < 4.78 is 37.6. The van der Waals surface area contributed by atoms with Crippen LogP contribution in [0.5, 0.6) is 0 Å². The maximum absolute atomic E-state index is 11.2. The number of rotatable bonds is 3. The molecule has 1 fully saturated rings. The minimum Gasteiger partial charge on any atom is -0.444 e. The molecule has 0 unspecified atom stereocenters. The van der Waals surface area contributed by atoms with Crippen molar-refractivity contribution in [2.45, 2.75) is 30.3 Å². The Balaban J connectivity index is 1.98. The molecule has 2 N–H and O–H groups in total. The normalized spacial score (nSPS) is 24.1. The molecule has 19 heavy (non-hydrogen) atoms. The van der Waals surface area contributed by atoms with E-state index in [1.54, 1.807) is 0 Å². The summed E-state index contributed by atoms with van der Waals surface area (Å²) in [7, 11) is -3.53. The zero-order valence-electron chi connectivity index (χ0n) is 10.1. The SMILES string of the molecule is CS(=O)(=O)c1nnc([C@@H]2CC[C@@H](OC(N)=O)CO2)o1. The monoisotopic (exact) mass is 291 g/mol. The van der Waals surface area contributed by atoms with E-state index < -0.39 is 33.4 Å². The molecular weight excluding hydrogens is 278 g/mol. The van der Waals surface area contributed by atoms with Crippen LogP contribution in [0, 0.1) is 0 Å². The molecule has 1 aliphatic rings. The zero-order chi connectivity index (χ0) is 14.0. The van der Waals surface area contributed by atoms with E-state index in [4.69, 9.17) is 19.6 Å². The van der Waals surface area contributed by atoms with Gasteiger partial charge in [-0.1, -0.05) is 5.10 Å². The first-order chi connectivity index (χ1) is 8.86. The standard InChI is InChI=1S/C9H13N3O6S/c1-19(14,15)9-12-11-7(18-9)6-3-2-5(4-16-6)17-8(10)13/h5-6H,2-4H2,1H3,(H2,10,13)/t5-,6+/m1/s1. The maximum atomic E-state index is 11.2. The van der Waals surface area contributed by atoms with E-state index in [0.717, 1.165) is 6.26 Å². The summed E-state index contributed by atoms with van der Waals surface area (Å²) in [6.07, 6.45) is 0.182. The van der Waals surface area contributed by atoms with Crippen LogP contribution in [-0.2, 0) is 19.3 Å². The molecule has 1 amide bonds. The molecule has 2 heterocycles. The molecule has 106 valence electrons. The Morgan fingerprint density at radius 1 is 1.42 bits per heavy atom. The van der Waals surface area contributed by atoms with E-state index in [2.05, 4.69) is 10.2 Å². The van der Waals surface area contributed by atoms with Crippen molar-refractivity contribution in [3.8, 4) is 0 Å². The van der Waals surface area contributed by atoms with Crippen molar-refractivity contribution in [2.75, 3.05) is 12.9 Å². The van der Waals surface area contributed by atoms with Gasteiger partial charge in [0.25, 0.3) is 0 Å². The lowest BCUT2D eigenvalue weighted by molar-refractivity contribution is -0.0701. The number of amides is 1. The number of nitrogens with two attached hydrogens (primary N) is 1. The van der Waals surface area contributed by atoms with Gasteiger partial charge in [0.05, 0.1) is 6.61 Å². The van der Waals surface area contributed by atoms with Gasteiger partial charge in [0, 0.05) is 6.26 Å². The van der Waals surface area contributed by atoms with Crippen molar-refractivity contribution in [1.29, 1.82) is 0 Å². The summed E-state index contributed by atoms with van der Waals surface area (Å²) in [5, 5.41) is 6.64. The Morgan fingerprint density at radius 2 is 2.16 bits per heavy atom. The van der Waals surface area contributed by atoms with Crippen molar-refractivity contribution >= 4 is 15.9 Å². The summed E-state index contributed by atoms with van der Waals surface area (Å²) in [6, 6.07) is 0. The van der Waals surface area contributed by atoms with E-state index in [1.165, 1.54) is 0 Å². The highest BCUT2D eigenvalue weighted by molar-refractivity contribution is 7.90. The molecule has 1 aromatic rings. The van der Waals surface area contributed by atoms with Crippen LogP contribution in [0.4, 0.5) is 4.79 Å². The fourth-order valence-corrected chi connectivity index (χ4v) is 2.11. The van der Waals surface area contributed by atoms with Crippen LogP contribution in [0.3, 0.4) is 0 Å². The highest BCUT2D eigenvalue weighted by Crippen LogP contribution is 2.28. The van der Waals surface area contributed by atoms with Crippen LogP contribution in [0.2, 0.25) is 0 Å². The van der Waals surface area contributed by atoms with Crippen LogP contribution in [-0.4, -0.2) is 43.7 Å². The predicted molar refractivity (Wildman–Crippen MR) is 59.8 cm³/mol. The molecule has 10 heteroatoms. The third-order valence-electron chi connectivity index (χ3n) is 2.53. The first kappa shape index (κ1) is 13.7. The first-order valence-electron chi connectivity index (χ1n) is 5.47. The Labute approximate surface area is 109 Å². The van der Waals surface area contributed by atoms with Crippen molar-refractivity contribution in [3.05, 3.63) is 5.89 Å². The molecule has 2 rings (SSSR count). The first-order valence-corrected chi connectivity index (χ1v) is 7.36. The van der Waals surface area contributed by atoms with Crippen molar-refractivity contribution in [3.63, 3.8) is 0 Å². The largest absolute Gasteiger partial charge is 0.444 e. The van der Waals surface area contributed by atoms with Crippen molar-refractivity contribution in [1.82, 2.24) is 10.2 Å². The van der Waals surface area contributed by atoms with Gasteiger partial charge in [0.2, 0.25) is 15.7 Å². The van der Waals surface area contributed by atoms with Crippen LogP contribution >= 0.6 is 0 Å². The second-order valence-corrected chi connectivity index (χ2v) is 6.03. The molecule has 0 saturated carbocycles. The van der Waals surface area contributed by atoms with E-state index in [1.807, 2.05) is 0 Å². The Morgan fingerprint density at radius 3 is 2.63 bits per heavy atom. The number of aromatic nitrogens is 2. The molecular formula is C9H13N3O6S. The van der Waals surface area contributed by atoms with Gasteiger partial charge in [-0.15, -0.1) is 5.10 Å². The van der Waals surface area contributed by atoms with Gasteiger partial charge in [0.15, 0.2) is 0 Å². The molecule has 0 bridgehead atoms. The van der Waals surface area contributed by atoms with E-state index in [9.17, 15) is 13.2 Å². The fraction of sp³-hybridized carbons (Fsp3) is 0.667. The second kappa shape index (κ2) is 5.13. The number of nitrogens with zero attached hydrogens (tertiary/aromatic N) is 2. The highest BCUT2D eigenvalue weighted by atomic mass is 32.2. The van der Waals surface area contributed by atoms with E-state index in [-0.39, 0.29) is 12.5 Å². The van der Waals surface area contributed by atoms with Gasteiger partial charge in [0.1, 0.15) is 12.2 Å². The summed E-state index contributed by atoms with van der Waals surface area (Å²) in [5.41, 5.74) is 4.90. The van der Waals surface area contributed by atoms with E-state index >= 15 is 0 Å². The average Bonchev–Trinajstić information content (AvgIpc) is 2.78. The van der Waals surface area contributed by atoms with Gasteiger partial charge in [-0.2, -0.15) is 0 Å². The lowest BCUT2D eigenvalue weighted by Crippen LogP contribution is -2.31. The minimum atomic E-state index is -3.53. The fourth-order valence-electron chi connectivity index (χ4n) is 1.68. The third kappa shape index (κ3) is 3.41. The van der Waals surface area contributed by atoms with Gasteiger partial charge in [-0.05, 0) is 12.8 Å². The Hall–Kier alpha value is -1.68. The molecule has 1 aromatic heterocycles. The maximum Gasteiger partial charge on any atom is 0.404 e. The average molecular weight is 291 g/mol. The Bertz CT molecular complexity index is 560. The van der Waals surface area contributed by atoms with Gasteiger partial charge in [-0.25, -0.2) is 13.2 Å². The van der Waals surface area contributed by atoms with E-state index in [0.29, 0.717) is 12.8 Å². The summed E-state index contributed by atoms with van der Waals surface area (Å²) in [6.45, 7) is 0.143. The van der Waals surface area contributed by atoms with Gasteiger partial charge in [-0.3, -0.25) is 0 Å². The molecule has 0 radical (unpaired) electrons. The summed E-state index contributed by atoms with van der Waals surface area (Å²) in [4.78, 5) is 10.6. The number of carbonyl (C=O) groups is 1. The highest BCUT2D eigenvalue weighted by Gasteiger charge is 2.29. The zero-order valence-corrected chi connectivity index (χ0v) is 10.9. The predicted octanol–water partition coefficient (Wildman–Crippen LogP) is -0.211. The smallest absolute Gasteiger partial charge is 0.404 e. The second-order valence-electron chi connectivity index (χ2n) is 4.14. The van der Waals surface area contributed by atoms with Crippen molar-refractivity contribution < 1.29 is 27.1 Å². The van der Waals surface area contributed by atoms with Crippen molar-refractivity contribution in [2.24, 2.45) is 5.73 Å². The summed E-state index contributed by atoms with van der Waals surface area (Å²) in [5.74, 6) is 0.0953. The van der Waals surface area contributed by atoms with Crippen LogP contribution in [0.25, 0.3) is 0 Å². The Kier molecular flexibility index (Phi) is 3.71.